The van der Waals surface area contributed by atoms with E-state index in [0.717, 1.165) is 0 Å². The van der Waals surface area contributed by atoms with Gasteiger partial charge in [0, 0.05) is 0 Å². The van der Waals surface area contributed by atoms with Crippen molar-refractivity contribution in [1.29, 1.82) is 0 Å². The average molecular weight is 74.1 g/mol. The Hall–Kier alpha value is -0.0700. The average Bonchev–Trinajstić information content (AvgIpc) is 1.38. The Balaban J connectivity index is 2.54. The summed E-state index contributed by atoms with van der Waals surface area (Å²) in [7, 11) is 0. The molecule has 1 atom stereocenters. The molecule has 0 bridgehead atoms. The molecule has 0 amide bonds. The summed E-state index contributed by atoms with van der Waals surface area (Å²) in [6.45, 7) is 5.56. The van der Waals surface area contributed by atoms with Crippen LogP contribution in [0.15, 0.2) is 0 Å². The fraction of sp³-hybridized carbons (Fsp3) is 0.500. The maximum absolute atomic E-state index is 10.9. The molecular formula is C4H7F. The van der Waals surface area contributed by atoms with E-state index in [4.69, 9.17) is 0 Å². The molecule has 2 radical (unpaired) electrons. The fourth-order valence-electron chi connectivity index (χ4n) is 0. The SMILES string of the molecule is [CH2]C(C)[CH]F. The van der Waals surface area contributed by atoms with E-state index in [2.05, 4.69) is 6.92 Å². The summed E-state index contributed by atoms with van der Waals surface area (Å²) in [4.78, 5) is 0. The molecule has 0 saturated heterocycles. The highest BCUT2D eigenvalue weighted by Crippen LogP contribution is 1.94. The van der Waals surface area contributed by atoms with Gasteiger partial charge in [-0.05, 0) is 12.8 Å². The largest absolute Gasteiger partial charge is 0.244 e. The first kappa shape index (κ1) is 4.93. The summed E-state index contributed by atoms with van der Waals surface area (Å²) in [6.07, 6.45) is 0. The summed E-state index contributed by atoms with van der Waals surface area (Å²) < 4.78 is 10.9. The molecular weight excluding hydrogens is 67.0 g/mol. The van der Waals surface area contributed by atoms with Crippen LogP contribution in [0.25, 0.3) is 0 Å². The first-order valence-electron chi connectivity index (χ1n) is 1.54. The number of rotatable bonds is 1. The molecule has 0 heterocycles. The molecule has 5 heavy (non-hydrogen) atoms. The smallest absolute Gasteiger partial charge is 0.134 e. The van der Waals surface area contributed by atoms with Crippen molar-refractivity contribution in [1.82, 2.24) is 0 Å². The van der Waals surface area contributed by atoms with Crippen LogP contribution in [0, 0.1) is 19.5 Å². The van der Waals surface area contributed by atoms with Crippen LogP contribution in [0.4, 0.5) is 4.39 Å². The maximum Gasteiger partial charge on any atom is 0.134 e. The third-order valence-corrected chi connectivity index (χ3v) is 0.215. The lowest BCUT2D eigenvalue weighted by Crippen LogP contribution is -1.77. The predicted octanol–water partition coefficient (Wildman–Crippen LogP) is 1.59. The van der Waals surface area contributed by atoms with E-state index in [1.165, 1.54) is 0 Å². The zero-order chi connectivity index (χ0) is 4.28. The Morgan fingerprint density at radius 3 is 2.20 bits per heavy atom. The third kappa shape index (κ3) is 3.93. The lowest BCUT2D eigenvalue weighted by atomic mass is 10.3. The van der Waals surface area contributed by atoms with Gasteiger partial charge in [-0.2, -0.15) is 0 Å². The molecule has 0 aromatic heterocycles. The van der Waals surface area contributed by atoms with Gasteiger partial charge in [0.15, 0.2) is 0 Å². The van der Waals surface area contributed by atoms with Gasteiger partial charge in [-0.25, -0.2) is 4.39 Å². The summed E-state index contributed by atoms with van der Waals surface area (Å²) in [5.74, 6) is -0.157. The van der Waals surface area contributed by atoms with Gasteiger partial charge in [0.05, 0.1) is 0 Å². The van der Waals surface area contributed by atoms with Gasteiger partial charge >= 0.3 is 0 Å². The van der Waals surface area contributed by atoms with E-state index >= 15 is 0 Å². The monoisotopic (exact) mass is 74.1 g/mol. The van der Waals surface area contributed by atoms with Crippen LogP contribution in [0.2, 0.25) is 0 Å². The summed E-state index contributed by atoms with van der Waals surface area (Å²) in [5.41, 5.74) is 0. The van der Waals surface area contributed by atoms with Crippen molar-refractivity contribution in [2.75, 3.05) is 0 Å². The minimum Gasteiger partial charge on any atom is -0.244 e. The van der Waals surface area contributed by atoms with Gasteiger partial charge in [-0.15, -0.1) is 0 Å². The molecule has 1 heteroatoms. The van der Waals surface area contributed by atoms with Crippen molar-refractivity contribution >= 4 is 0 Å². The molecule has 30 valence electrons. The van der Waals surface area contributed by atoms with E-state index in [1.54, 1.807) is 6.92 Å². The molecule has 0 nitrogen and oxygen atoms in total. The van der Waals surface area contributed by atoms with Crippen molar-refractivity contribution < 1.29 is 4.39 Å². The van der Waals surface area contributed by atoms with Gasteiger partial charge in [-0.3, -0.25) is 0 Å². The molecule has 0 N–H and O–H groups in total. The fourth-order valence-corrected chi connectivity index (χ4v) is 0. The van der Waals surface area contributed by atoms with Gasteiger partial charge in [0.2, 0.25) is 0 Å². The van der Waals surface area contributed by atoms with Crippen molar-refractivity contribution in [3.05, 3.63) is 13.6 Å². The highest BCUT2D eigenvalue weighted by atomic mass is 19.1. The normalized spacial score (nSPS) is 9.60. The predicted molar refractivity (Wildman–Crippen MR) is 19.9 cm³/mol. The third-order valence-electron chi connectivity index (χ3n) is 0.215. The van der Waals surface area contributed by atoms with Crippen LogP contribution in [0.1, 0.15) is 6.92 Å². The van der Waals surface area contributed by atoms with E-state index in [0.29, 0.717) is 6.67 Å². The Kier molecular flexibility index (Phi) is 2.15. The summed E-state index contributed by atoms with van der Waals surface area (Å²) in [5, 5.41) is 0. The molecule has 0 rings (SSSR count). The minimum absolute atomic E-state index is 0.157. The van der Waals surface area contributed by atoms with E-state index < -0.39 is 0 Å². The van der Waals surface area contributed by atoms with Crippen molar-refractivity contribution in [2.24, 2.45) is 5.92 Å². The van der Waals surface area contributed by atoms with E-state index in [9.17, 15) is 4.39 Å². The van der Waals surface area contributed by atoms with Crippen molar-refractivity contribution in [2.45, 2.75) is 6.92 Å². The second kappa shape index (κ2) is 2.18. The van der Waals surface area contributed by atoms with Crippen LogP contribution in [-0.4, -0.2) is 0 Å². The second-order valence-corrected chi connectivity index (χ2v) is 1.10. The molecule has 0 aliphatic carbocycles. The highest BCUT2D eigenvalue weighted by Gasteiger charge is 1.85. The molecule has 0 aromatic carbocycles. The standard InChI is InChI=1S/C4H7F/c1-4(2)3-5/h3-4H,1H2,2H3. The zero-order valence-electron chi connectivity index (χ0n) is 3.24. The first-order valence-corrected chi connectivity index (χ1v) is 1.54. The Morgan fingerprint density at radius 1 is 2.00 bits per heavy atom. The van der Waals surface area contributed by atoms with Gasteiger partial charge in [0.25, 0.3) is 0 Å². The molecule has 1 unspecified atom stereocenters. The topological polar surface area (TPSA) is 0 Å². The van der Waals surface area contributed by atoms with Crippen molar-refractivity contribution in [3.8, 4) is 0 Å². The van der Waals surface area contributed by atoms with Gasteiger partial charge in [0.1, 0.15) is 6.67 Å². The highest BCUT2D eigenvalue weighted by molar-refractivity contribution is 4.59. The van der Waals surface area contributed by atoms with E-state index in [-0.39, 0.29) is 5.92 Å². The van der Waals surface area contributed by atoms with Gasteiger partial charge in [-0.1, -0.05) is 6.92 Å². The van der Waals surface area contributed by atoms with E-state index in [1.807, 2.05) is 0 Å². The Morgan fingerprint density at radius 2 is 2.20 bits per heavy atom. The number of hydrogen-bond donors (Lipinski definition) is 0. The minimum atomic E-state index is -0.157. The Labute approximate surface area is 32.0 Å². The lowest BCUT2D eigenvalue weighted by Gasteiger charge is -1.85. The van der Waals surface area contributed by atoms with Crippen LogP contribution >= 0.6 is 0 Å². The zero-order valence-corrected chi connectivity index (χ0v) is 3.24. The van der Waals surface area contributed by atoms with Crippen LogP contribution in [0.5, 0.6) is 0 Å². The molecule has 0 aromatic rings. The molecule has 0 fully saturated rings. The van der Waals surface area contributed by atoms with Gasteiger partial charge < -0.3 is 0 Å². The maximum atomic E-state index is 10.9. The summed E-state index contributed by atoms with van der Waals surface area (Å²) in [6, 6.07) is 0. The lowest BCUT2D eigenvalue weighted by molar-refractivity contribution is 0.532. The number of hydrogen-bond acceptors (Lipinski definition) is 0. The van der Waals surface area contributed by atoms with Crippen LogP contribution in [0.3, 0.4) is 0 Å². The summed E-state index contributed by atoms with van der Waals surface area (Å²) >= 11 is 0. The molecule has 0 saturated carbocycles. The first-order chi connectivity index (χ1) is 2.27. The van der Waals surface area contributed by atoms with Crippen LogP contribution < -0.4 is 0 Å². The number of halogens is 1. The quantitative estimate of drug-likeness (QED) is 0.443. The molecule has 0 aliphatic heterocycles. The molecule has 0 aliphatic rings. The molecule has 0 spiro atoms. The Bertz CT molecular complexity index is 17.6. The second-order valence-electron chi connectivity index (χ2n) is 1.10. The van der Waals surface area contributed by atoms with Crippen molar-refractivity contribution in [3.63, 3.8) is 0 Å². The van der Waals surface area contributed by atoms with Crippen LogP contribution in [-0.2, 0) is 0 Å².